The van der Waals surface area contributed by atoms with Crippen LogP contribution in [0.25, 0.3) is 0 Å². The van der Waals surface area contributed by atoms with Crippen molar-refractivity contribution in [1.82, 2.24) is 4.98 Å². The van der Waals surface area contributed by atoms with Gasteiger partial charge in [-0.05, 0) is 49.4 Å². The van der Waals surface area contributed by atoms with Crippen LogP contribution >= 0.6 is 11.3 Å². The van der Waals surface area contributed by atoms with Crippen molar-refractivity contribution < 1.29 is 4.79 Å². The predicted molar refractivity (Wildman–Crippen MR) is 73.2 cm³/mol. The number of pyridine rings is 1. The van der Waals surface area contributed by atoms with E-state index in [0.717, 1.165) is 23.4 Å². The molecule has 0 saturated carbocycles. The second-order valence-electron chi connectivity index (χ2n) is 4.69. The number of nitrogens with zero attached hydrogens (tertiary/aromatic N) is 1. The van der Waals surface area contributed by atoms with Crippen molar-refractivity contribution in [3.63, 3.8) is 0 Å². The van der Waals surface area contributed by atoms with Gasteiger partial charge in [-0.25, -0.2) is 0 Å². The number of carbonyl (C=O) groups is 1. The zero-order chi connectivity index (χ0) is 12.4. The maximum Gasteiger partial charge on any atom is 0.178 e. The maximum atomic E-state index is 12.2. The van der Waals surface area contributed by atoms with E-state index in [2.05, 4.69) is 11.1 Å². The van der Waals surface area contributed by atoms with E-state index in [4.69, 9.17) is 0 Å². The highest BCUT2D eigenvalue weighted by molar-refractivity contribution is 7.14. The quantitative estimate of drug-likeness (QED) is 0.788. The van der Waals surface area contributed by atoms with E-state index in [-0.39, 0.29) is 5.78 Å². The highest BCUT2D eigenvalue weighted by Crippen LogP contribution is 2.30. The third-order valence-corrected chi connectivity index (χ3v) is 4.62. The molecule has 92 valence electrons. The van der Waals surface area contributed by atoms with Crippen molar-refractivity contribution >= 4 is 17.1 Å². The zero-order valence-electron chi connectivity index (χ0n) is 10.2. The van der Waals surface area contributed by atoms with Gasteiger partial charge in [0, 0.05) is 16.8 Å². The number of hydrogen-bond acceptors (Lipinski definition) is 3. The molecule has 0 saturated heterocycles. The summed E-state index contributed by atoms with van der Waals surface area (Å²) in [5.41, 5.74) is 2.25. The Morgan fingerprint density at radius 1 is 1.28 bits per heavy atom. The fraction of sp³-hybridized carbons (Fsp3) is 0.333. The molecule has 3 rings (SSSR count). The molecule has 2 nitrogen and oxygen atoms in total. The number of aromatic nitrogens is 1. The number of ketones is 1. The molecule has 0 spiro atoms. The van der Waals surface area contributed by atoms with Crippen LogP contribution in [0.15, 0.2) is 30.5 Å². The summed E-state index contributed by atoms with van der Waals surface area (Å²) >= 11 is 1.69. The molecule has 18 heavy (non-hydrogen) atoms. The van der Waals surface area contributed by atoms with Gasteiger partial charge >= 0.3 is 0 Å². The maximum absolute atomic E-state index is 12.2. The summed E-state index contributed by atoms with van der Waals surface area (Å²) in [5.74, 6) is 0.202. The lowest BCUT2D eigenvalue weighted by Gasteiger charge is -2.08. The van der Waals surface area contributed by atoms with Crippen molar-refractivity contribution in [3.8, 4) is 0 Å². The minimum absolute atomic E-state index is 0.202. The normalized spacial score (nSPS) is 14.2. The second-order valence-corrected chi connectivity index (χ2v) is 5.82. The fourth-order valence-corrected chi connectivity index (χ4v) is 3.57. The molecule has 0 aromatic carbocycles. The molecule has 1 aliphatic carbocycles. The van der Waals surface area contributed by atoms with Crippen LogP contribution in [-0.4, -0.2) is 10.8 Å². The van der Waals surface area contributed by atoms with Crippen LogP contribution in [0.1, 0.15) is 38.6 Å². The molecule has 2 heterocycles. The Morgan fingerprint density at radius 2 is 2.17 bits per heavy atom. The summed E-state index contributed by atoms with van der Waals surface area (Å²) in [6, 6.07) is 7.81. The summed E-state index contributed by atoms with van der Waals surface area (Å²) in [6.07, 6.45) is 6.97. The molecule has 0 atom stereocenters. The van der Waals surface area contributed by atoms with Crippen LogP contribution in [0, 0.1) is 0 Å². The lowest BCUT2D eigenvalue weighted by molar-refractivity contribution is 0.0996. The fourth-order valence-electron chi connectivity index (χ4n) is 2.38. The highest BCUT2D eigenvalue weighted by Gasteiger charge is 2.17. The number of aryl methyl sites for hydroxylation is 2. The topological polar surface area (TPSA) is 30.0 Å². The van der Waals surface area contributed by atoms with Crippen LogP contribution < -0.4 is 0 Å². The molecule has 0 N–H and O–H groups in total. The first kappa shape index (κ1) is 11.6. The third kappa shape index (κ3) is 2.36. The standard InChI is InChI=1S/C15H15NOS/c17-13(10-12-6-3-4-8-16-12)15-9-11-5-1-2-7-14(11)18-15/h3-4,6,8-9H,1-2,5,7,10H2. The molecule has 0 bridgehead atoms. The molecular formula is C15H15NOS. The smallest absolute Gasteiger partial charge is 0.178 e. The number of Topliss-reactive ketones (excluding diaryl/α,β-unsaturated/α-hetero) is 1. The number of rotatable bonds is 3. The van der Waals surface area contributed by atoms with Crippen molar-refractivity contribution in [2.24, 2.45) is 0 Å². The van der Waals surface area contributed by atoms with Crippen LogP contribution in [0.4, 0.5) is 0 Å². The van der Waals surface area contributed by atoms with Gasteiger partial charge in [0.15, 0.2) is 5.78 Å². The molecular weight excluding hydrogens is 242 g/mol. The molecule has 1 aliphatic rings. The van der Waals surface area contributed by atoms with E-state index in [1.54, 1.807) is 17.5 Å². The Morgan fingerprint density at radius 3 is 2.94 bits per heavy atom. The van der Waals surface area contributed by atoms with Crippen LogP contribution in [0.5, 0.6) is 0 Å². The Bertz CT molecular complexity index is 536. The van der Waals surface area contributed by atoms with Crippen LogP contribution in [0.3, 0.4) is 0 Å². The molecule has 0 radical (unpaired) electrons. The van der Waals surface area contributed by atoms with Gasteiger partial charge in [0.25, 0.3) is 0 Å². The molecule has 0 aliphatic heterocycles. The summed E-state index contributed by atoms with van der Waals surface area (Å²) in [5, 5.41) is 0. The monoisotopic (exact) mass is 257 g/mol. The van der Waals surface area contributed by atoms with E-state index < -0.39 is 0 Å². The Kier molecular flexibility index (Phi) is 3.24. The minimum atomic E-state index is 0.202. The summed E-state index contributed by atoms with van der Waals surface area (Å²) in [7, 11) is 0. The van der Waals surface area contributed by atoms with E-state index in [9.17, 15) is 4.79 Å². The molecule has 3 heteroatoms. The van der Waals surface area contributed by atoms with Crippen LogP contribution in [0.2, 0.25) is 0 Å². The molecule has 2 aromatic heterocycles. The number of thiophene rings is 1. The van der Waals surface area contributed by atoms with E-state index in [0.29, 0.717) is 6.42 Å². The summed E-state index contributed by atoms with van der Waals surface area (Å²) in [4.78, 5) is 18.7. The number of fused-ring (bicyclic) bond motifs is 1. The second kappa shape index (κ2) is 5.02. The van der Waals surface area contributed by atoms with Crippen LogP contribution in [-0.2, 0) is 19.3 Å². The Hall–Kier alpha value is -1.48. The van der Waals surface area contributed by atoms with E-state index in [1.165, 1.54) is 23.3 Å². The van der Waals surface area contributed by atoms with E-state index >= 15 is 0 Å². The predicted octanol–water partition coefficient (Wildman–Crippen LogP) is 3.45. The number of carbonyl (C=O) groups excluding carboxylic acids is 1. The molecule has 2 aromatic rings. The van der Waals surface area contributed by atoms with Crippen molar-refractivity contribution in [2.75, 3.05) is 0 Å². The van der Waals surface area contributed by atoms with Gasteiger partial charge in [0.05, 0.1) is 11.3 Å². The van der Waals surface area contributed by atoms with Gasteiger partial charge in [0.2, 0.25) is 0 Å². The van der Waals surface area contributed by atoms with Gasteiger partial charge in [-0.2, -0.15) is 0 Å². The van der Waals surface area contributed by atoms with Crippen molar-refractivity contribution in [3.05, 3.63) is 51.5 Å². The highest BCUT2D eigenvalue weighted by atomic mass is 32.1. The lowest BCUT2D eigenvalue weighted by atomic mass is 9.99. The first-order valence-electron chi connectivity index (χ1n) is 6.37. The largest absolute Gasteiger partial charge is 0.293 e. The minimum Gasteiger partial charge on any atom is -0.293 e. The molecule has 0 fully saturated rings. The van der Waals surface area contributed by atoms with Crippen molar-refractivity contribution in [2.45, 2.75) is 32.1 Å². The van der Waals surface area contributed by atoms with Gasteiger partial charge in [-0.3, -0.25) is 9.78 Å². The number of hydrogen-bond donors (Lipinski definition) is 0. The Labute approximate surface area is 111 Å². The first-order chi connectivity index (χ1) is 8.83. The third-order valence-electron chi connectivity index (χ3n) is 3.34. The SMILES string of the molecule is O=C(Cc1ccccn1)c1cc2c(s1)CCCC2. The average molecular weight is 257 g/mol. The van der Waals surface area contributed by atoms with Gasteiger partial charge in [-0.15, -0.1) is 11.3 Å². The summed E-state index contributed by atoms with van der Waals surface area (Å²) in [6.45, 7) is 0. The lowest BCUT2D eigenvalue weighted by Crippen LogP contribution is -2.02. The first-order valence-corrected chi connectivity index (χ1v) is 7.19. The average Bonchev–Trinajstić information content (AvgIpc) is 2.84. The zero-order valence-corrected chi connectivity index (χ0v) is 11.0. The van der Waals surface area contributed by atoms with E-state index in [1.807, 2.05) is 18.2 Å². The summed E-state index contributed by atoms with van der Waals surface area (Å²) < 4.78 is 0. The van der Waals surface area contributed by atoms with Gasteiger partial charge in [-0.1, -0.05) is 6.07 Å². The van der Waals surface area contributed by atoms with Crippen molar-refractivity contribution in [1.29, 1.82) is 0 Å². The Balaban J connectivity index is 1.78. The molecule has 0 unspecified atom stereocenters. The van der Waals surface area contributed by atoms with Gasteiger partial charge < -0.3 is 0 Å². The van der Waals surface area contributed by atoms with Gasteiger partial charge in [0.1, 0.15) is 0 Å². The molecule has 0 amide bonds.